The third kappa shape index (κ3) is 3.99. The van der Waals surface area contributed by atoms with Gasteiger partial charge in [0.25, 0.3) is 5.91 Å². The standard InChI is InChI=1S/C29H23N3O2/c30-28(33)27(25(19-11-3-1-4-12-19)20-13-5-2-6-14-20)32-29(34)26-21-15-7-9-17-23(21)31-24-18-10-8-16-22(24)26/h1-18,25,27H,(H2,30,33)(H,32,34)/t27-/m1/s1. The quantitative estimate of drug-likeness (QED) is 0.368. The molecule has 0 aliphatic heterocycles. The summed E-state index contributed by atoms with van der Waals surface area (Å²) in [6.45, 7) is 0. The predicted octanol–water partition coefficient (Wildman–Crippen LogP) is 4.80. The van der Waals surface area contributed by atoms with Crippen molar-refractivity contribution in [3.8, 4) is 0 Å². The second kappa shape index (κ2) is 9.16. The molecule has 5 rings (SSSR count). The molecule has 166 valence electrons. The summed E-state index contributed by atoms with van der Waals surface area (Å²) in [4.78, 5) is 31.3. The van der Waals surface area contributed by atoms with Crippen molar-refractivity contribution in [2.24, 2.45) is 5.73 Å². The predicted molar refractivity (Wildman–Crippen MR) is 134 cm³/mol. The Morgan fingerprint density at radius 2 is 1.09 bits per heavy atom. The zero-order chi connectivity index (χ0) is 23.5. The maximum atomic E-state index is 13.8. The third-order valence-electron chi connectivity index (χ3n) is 6.06. The molecule has 0 unspecified atom stereocenters. The van der Waals surface area contributed by atoms with Gasteiger partial charge in [-0.2, -0.15) is 0 Å². The largest absolute Gasteiger partial charge is 0.368 e. The number of aromatic nitrogens is 1. The van der Waals surface area contributed by atoms with Crippen LogP contribution in [0.3, 0.4) is 0 Å². The van der Waals surface area contributed by atoms with Gasteiger partial charge in [0.15, 0.2) is 0 Å². The third-order valence-corrected chi connectivity index (χ3v) is 6.06. The summed E-state index contributed by atoms with van der Waals surface area (Å²) in [7, 11) is 0. The number of para-hydroxylation sites is 2. The van der Waals surface area contributed by atoms with Crippen LogP contribution in [0.15, 0.2) is 109 Å². The summed E-state index contributed by atoms with van der Waals surface area (Å²) in [5.41, 5.74) is 9.58. The molecule has 34 heavy (non-hydrogen) atoms. The minimum absolute atomic E-state index is 0.365. The van der Waals surface area contributed by atoms with Crippen LogP contribution in [0.2, 0.25) is 0 Å². The summed E-state index contributed by atoms with van der Waals surface area (Å²) >= 11 is 0. The number of fused-ring (bicyclic) bond motifs is 2. The van der Waals surface area contributed by atoms with E-state index in [4.69, 9.17) is 10.7 Å². The highest BCUT2D eigenvalue weighted by Gasteiger charge is 2.32. The monoisotopic (exact) mass is 445 g/mol. The molecule has 5 heteroatoms. The van der Waals surface area contributed by atoms with E-state index < -0.39 is 17.9 Å². The van der Waals surface area contributed by atoms with Crippen molar-refractivity contribution in [3.63, 3.8) is 0 Å². The number of rotatable bonds is 6. The number of nitrogens with two attached hydrogens (primary N) is 1. The van der Waals surface area contributed by atoms with Gasteiger partial charge in [0.05, 0.1) is 16.6 Å². The Hall–Kier alpha value is -4.51. The normalized spacial score (nSPS) is 12.0. The smallest absolute Gasteiger partial charge is 0.253 e. The van der Waals surface area contributed by atoms with Crippen LogP contribution in [0, 0.1) is 0 Å². The fourth-order valence-electron chi connectivity index (χ4n) is 4.51. The maximum absolute atomic E-state index is 13.8. The SMILES string of the molecule is NC(=O)[C@H](NC(=O)c1c2ccccc2nc2ccccc12)C(c1ccccc1)c1ccccc1. The Labute approximate surface area is 197 Å². The summed E-state index contributed by atoms with van der Waals surface area (Å²) < 4.78 is 0. The van der Waals surface area contributed by atoms with Crippen molar-refractivity contribution in [1.29, 1.82) is 0 Å². The number of primary amides is 1. The van der Waals surface area contributed by atoms with E-state index in [1.807, 2.05) is 109 Å². The molecule has 1 heterocycles. The highest BCUT2D eigenvalue weighted by molar-refractivity contribution is 6.16. The highest BCUT2D eigenvalue weighted by Crippen LogP contribution is 2.30. The van der Waals surface area contributed by atoms with Crippen LogP contribution < -0.4 is 11.1 Å². The van der Waals surface area contributed by atoms with Gasteiger partial charge in [-0.3, -0.25) is 9.59 Å². The number of hydrogen-bond acceptors (Lipinski definition) is 3. The first-order chi connectivity index (χ1) is 16.6. The number of benzene rings is 4. The second-order valence-corrected chi connectivity index (χ2v) is 8.17. The molecule has 0 fully saturated rings. The van der Waals surface area contributed by atoms with Gasteiger partial charge in [-0.05, 0) is 23.3 Å². The van der Waals surface area contributed by atoms with Crippen molar-refractivity contribution in [1.82, 2.24) is 10.3 Å². The summed E-state index contributed by atoms with van der Waals surface area (Å²) in [5.74, 6) is -1.41. The zero-order valence-electron chi connectivity index (χ0n) is 18.4. The van der Waals surface area contributed by atoms with Crippen LogP contribution >= 0.6 is 0 Å². The highest BCUT2D eigenvalue weighted by atomic mass is 16.2. The van der Waals surface area contributed by atoms with Crippen molar-refractivity contribution >= 4 is 33.6 Å². The van der Waals surface area contributed by atoms with E-state index in [1.54, 1.807) is 0 Å². The van der Waals surface area contributed by atoms with E-state index in [-0.39, 0.29) is 5.91 Å². The minimum atomic E-state index is -0.956. The summed E-state index contributed by atoms with van der Waals surface area (Å²) in [5, 5.41) is 4.41. The molecular formula is C29H23N3O2. The molecule has 3 N–H and O–H groups in total. The van der Waals surface area contributed by atoms with Gasteiger partial charge < -0.3 is 11.1 Å². The molecule has 0 bridgehead atoms. The fraction of sp³-hybridized carbons (Fsp3) is 0.0690. The average Bonchev–Trinajstić information content (AvgIpc) is 2.88. The van der Waals surface area contributed by atoms with Crippen molar-refractivity contribution in [2.45, 2.75) is 12.0 Å². The number of nitrogens with one attached hydrogen (secondary N) is 1. The molecule has 2 amide bonds. The fourth-order valence-corrected chi connectivity index (χ4v) is 4.51. The van der Waals surface area contributed by atoms with Gasteiger partial charge >= 0.3 is 0 Å². The van der Waals surface area contributed by atoms with Crippen LogP contribution in [0.25, 0.3) is 21.8 Å². The van der Waals surface area contributed by atoms with Gasteiger partial charge in [0.1, 0.15) is 6.04 Å². The first kappa shape index (κ1) is 21.3. The molecule has 4 aromatic carbocycles. The van der Waals surface area contributed by atoms with Crippen molar-refractivity contribution in [3.05, 3.63) is 126 Å². The number of pyridine rings is 1. The van der Waals surface area contributed by atoms with Crippen molar-refractivity contribution < 1.29 is 9.59 Å². The Morgan fingerprint density at radius 3 is 1.56 bits per heavy atom. The molecule has 0 radical (unpaired) electrons. The number of carbonyl (C=O) groups is 2. The molecule has 0 saturated carbocycles. The van der Waals surface area contributed by atoms with Crippen LogP contribution in [0.1, 0.15) is 27.4 Å². The van der Waals surface area contributed by atoms with Gasteiger partial charge in [-0.15, -0.1) is 0 Å². The Balaban J connectivity index is 1.63. The molecular weight excluding hydrogens is 422 g/mol. The lowest BCUT2D eigenvalue weighted by Crippen LogP contribution is -2.48. The average molecular weight is 446 g/mol. The lowest BCUT2D eigenvalue weighted by atomic mass is 9.84. The number of nitrogens with zero attached hydrogens (tertiary/aromatic N) is 1. The Morgan fingerprint density at radius 1 is 0.647 bits per heavy atom. The Kier molecular flexibility index (Phi) is 5.75. The van der Waals surface area contributed by atoms with E-state index in [9.17, 15) is 9.59 Å². The summed E-state index contributed by atoms with van der Waals surface area (Å²) in [6.07, 6.45) is 0. The van der Waals surface area contributed by atoms with Crippen LogP contribution in [0.5, 0.6) is 0 Å². The molecule has 1 aromatic heterocycles. The number of amides is 2. The molecule has 5 nitrogen and oxygen atoms in total. The van der Waals surface area contributed by atoms with E-state index in [0.717, 1.165) is 21.9 Å². The first-order valence-electron chi connectivity index (χ1n) is 11.1. The minimum Gasteiger partial charge on any atom is -0.368 e. The topological polar surface area (TPSA) is 85.1 Å². The lowest BCUT2D eigenvalue weighted by molar-refractivity contribution is -0.120. The molecule has 0 aliphatic carbocycles. The van der Waals surface area contributed by atoms with E-state index in [1.165, 1.54) is 0 Å². The molecule has 0 saturated heterocycles. The zero-order valence-corrected chi connectivity index (χ0v) is 18.4. The number of hydrogen-bond donors (Lipinski definition) is 2. The summed E-state index contributed by atoms with van der Waals surface area (Å²) in [6, 6.07) is 33.3. The molecule has 5 aromatic rings. The van der Waals surface area contributed by atoms with Gasteiger partial charge in [0, 0.05) is 16.7 Å². The van der Waals surface area contributed by atoms with Crippen LogP contribution in [-0.4, -0.2) is 22.8 Å². The van der Waals surface area contributed by atoms with Crippen LogP contribution in [-0.2, 0) is 4.79 Å². The molecule has 0 aliphatic rings. The van der Waals surface area contributed by atoms with Crippen molar-refractivity contribution in [2.75, 3.05) is 0 Å². The van der Waals surface area contributed by atoms with Crippen LogP contribution in [0.4, 0.5) is 0 Å². The first-order valence-corrected chi connectivity index (χ1v) is 11.1. The van der Waals surface area contributed by atoms with E-state index in [2.05, 4.69) is 5.32 Å². The lowest BCUT2D eigenvalue weighted by Gasteiger charge is -2.27. The van der Waals surface area contributed by atoms with Gasteiger partial charge in [-0.25, -0.2) is 4.98 Å². The van der Waals surface area contributed by atoms with Gasteiger partial charge in [-0.1, -0.05) is 97.1 Å². The maximum Gasteiger partial charge on any atom is 0.253 e. The van der Waals surface area contributed by atoms with E-state index in [0.29, 0.717) is 16.6 Å². The van der Waals surface area contributed by atoms with Gasteiger partial charge in [0.2, 0.25) is 5.91 Å². The number of carbonyl (C=O) groups excluding carboxylic acids is 2. The Bertz CT molecular complexity index is 1390. The van der Waals surface area contributed by atoms with E-state index >= 15 is 0 Å². The molecule has 1 atom stereocenters. The molecule has 0 spiro atoms. The second-order valence-electron chi connectivity index (χ2n) is 8.17.